The van der Waals surface area contributed by atoms with E-state index >= 15 is 0 Å². The number of aliphatic hydroxyl groups excluding tert-OH is 1. The second-order valence-electron chi connectivity index (χ2n) is 4.04. The number of nitriles is 1. The lowest BCUT2D eigenvalue weighted by atomic mass is 10.1. The highest BCUT2D eigenvalue weighted by Crippen LogP contribution is 2.33. The van der Waals surface area contributed by atoms with Crippen molar-refractivity contribution in [3.63, 3.8) is 0 Å². The smallest absolute Gasteiger partial charge is 0.168 e. The minimum Gasteiger partial charge on any atom is -0.452 e. The molecule has 3 nitrogen and oxygen atoms in total. The zero-order valence-corrected chi connectivity index (χ0v) is 10.3. The summed E-state index contributed by atoms with van der Waals surface area (Å²) in [5, 5.41) is 18.6. The van der Waals surface area contributed by atoms with Gasteiger partial charge in [-0.1, -0.05) is 24.3 Å². The third-order valence-electron chi connectivity index (χ3n) is 2.67. The first kappa shape index (κ1) is 13.1. The van der Waals surface area contributed by atoms with Crippen LogP contribution in [0.3, 0.4) is 0 Å². The van der Waals surface area contributed by atoms with Crippen LogP contribution >= 0.6 is 0 Å². The van der Waals surface area contributed by atoms with E-state index in [1.165, 1.54) is 19.1 Å². The van der Waals surface area contributed by atoms with Gasteiger partial charge >= 0.3 is 0 Å². The molecule has 1 atom stereocenters. The number of hydrogen-bond donors (Lipinski definition) is 1. The van der Waals surface area contributed by atoms with Crippen molar-refractivity contribution in [3.8, 4) is 17.6 Å². The molecule has 19 heavy (non-hydrogen) atoms. The van der Waals surface area contributed by atoms with Crippen molar-refractivity contribution in [3.05, 3.63) is 59.4 Å². The van der Waals surface area contributed by atoms with E-state index in [2.05, 4.69) is 0 Å². The molecule has 0 fully saturated rings. The second-order valence-corrected chi connectivity index (χ2v) is 4.04. The van der Waals surface area contributed by atoms with Gasteiger partial charge in [0.05, 0.1) is 11.7 Å². The zero-order valence-electron chi connectivity index (χ0n) is 10.3. The lowest BCUT2D eigenvalue weighted by molar-refractivity contribution is 0.194. The van der Waals surface area contributed by atoms with Gasteiger partial charge in [0.2, 0.25) is 0 Å². The molecule has 0 spiro atoms. The van der Waals surface area contributed by atoms with Crippen molar-refractivity contribution < 1.29 is 14.2 Å². The SMILES string of the molecule is C[C@@H](O)c1cccc(F)c1Oc1ccccc1C#N. The highest BCUT2D eigenvalue weighted by atomic mass is 19.1. The minimum absolute atomic E-state index is 0.0554. The Labute approximate surface area is 110 Å². The molecule has 4 heteroatoms. The van der Waals surface area contributed by atoms with Crippen LogP contribution in [0.2, 0.25) is 0 Å². The van der Waals surface area contributed by atoms with Crippen molar-refractivity contribution in [2.45, 2.75) is 13.0 Å². The van der Waals surface area contributed by atoms with Gasteiger partial charge in [0, 0.05) is 5.56 Å². The number of ether oxygens (including phenoxy) is 1. The summed E-state index contributed by atoms with van der Waals surface area (Å²) >= 11 is 0. The van der Waals surface area contributed by atoms with Gasteiger partial charge in [-0.05, 0) is 25.1 Å². The van der Waals surface area contributed by atoms with Crippen LogP contribution in [0.4, 0.5) is 4.39 Å². The average Bonchev–Trinajstić information content (AvgIpc) is 2.41. The quantitative estimate of drug-likeness (QED) is 0.914. The van der Waals surface area contributed by atoms with Crippen LogP contribution in [0.25, 0.3) is 0 Å². The standard InChI is InChI=1S/C15H12FNO2/c1-10(18)12-6-4-7-13(16)15(12)19-14-8-3-2-5-11(14)9-17/h2-8,10,18H,1H3/t10-/m1/s1. The van der Waals surface area contributed by atoms with Gasteiger partial charge in [0.25, 0.3) is 0 Å². The lowest BCUT2D eigenvalue weighted by Crippen LogP contribution is -1.99. The van der Waals surface area contributed by atoms with Crippen molar-refractivity contribution in [1.82, 2.24) is 0 Å². The molecule has 2 aromatic carbocycles. The highest BCUT2D eigenvalue weighted by molar-refractivity contribution is 5.47. The fourth-order valence-electron chi connectivity index (χ4n) is 1.72. The largest absolute Gasteiger partial charge is 0.452 e. The number of rotatable bonds is 3. The molecule has 0 aliphatic carbocycles. The molecular weight excluding hydrogens is 245 g/mol. The molecule has 96 valence electrons. The third kappa shape index (κ3) is 2.72. The van der Waals surface area contributed by atoms with E-state index in [0.717, 1.165) is 0 Å². The highest BCUT2D eigenvalue weighted by Gasteiger charge is 2.15. The predicted molar refractivity (Wildman–Crippen MR) is 68.3 cm³/mol. The number of hydrogen-bond acceptors (Lipinski definition) is 3. The molecule has 0 aromatic heterocycles. The van der Waals surface area contributed by atoms with Crippen molar-refractivity contribution in [1.29, 1.82) is 5.26 Å². The summed E-state index contributed by atoms with van der Waals surface area (Å²) in [7, 11) is 0. The molecule has 0 aliphatic heterocycles. The first-order valence-corrected chi connectivity index (χ1v) is 5.77. The van der Waals surface area contributed by atoms with Gasteiger partial charge in [-0.25, -0.2) is 4.39 Å². The number of halogens is 1. The van der Waals surface area contributed by atoms with Crippen molar-refractivity contribution in [2.24, 2.45) is 0 Å². The zero-order chi connectivity index (χ0) is 13.8. The molecule has 0 radical (unpaired) electrons. The van der Waals surface area contributed by atoms with Gasteiger partial charge in [-0.15, -0.1) is 0 Å². The van der Waals surface area contributed by atoms with Crippen LogP contribution in [-0.2, 0) is 0 Å². The maximum absolute atomic E-state index is 13.8. The molecule has 0 amide bonds. The second kappa shape index (κ2) is 5.51. The average molecular weight is 257 g/mol. The van der Waals surface area contributed by atoms with Gasteiger partial charge in [0.1, 0.15) is 11.8 Å². The van der Waals surface area contributed by atoms with E-state index in [-0.39, 0.29) is 11.5 Å². The minimum atomic E-state index is -0.861. The third-order valence-corrected chi connectivity index (χ3v) is 2.67. The number of benzene rings is 2. The first-order valence-electron chi connectivity index (χ1n) is 5.77. The van der Waals surface area contributed by atoms with Gasteiger partial charge in [-0.3, -0.25) is 0 Å². The molecule has 0 saturated heterocycles. The maximum Gasteiger partial charge on any atom is 0.168 e. The van der Waals surface area contributed by atoms with Gasteiger partial charge in [-0.2, -0.15) is 5.26 Å². The topological polar surface area (TPSA) is 53.2 Å². The Morgan fingerprint density at radius 1 is 1.21 bits per heavy atom. The van der Waals surface area contributed by atoms with Crippen molar-refractivity contribution in [2.75, 3.05) is 0 Å². The number of nitrogens with zero attached hydrogens (tertiary/aromatic N) is 1. The van der Waals surface area contributed by atoms with Crippen LogP contribution in [0.15, 0.2) is 42.5 Å². The summed E-state index contributed by atoms with van der Waals surface area (Å²) in [5.41, 5.74) is 0.648. The van der Waals surface area contributed by atoms with Crippen LogP contribution < -0.4 is 4.74 Å². The Morgan fingerprint density at radius 3 is 2.63 bits per heavy atom. The Bertz CT molecular complexity index is 632. The maximum atomic E-state index is 13.8. The Morgan fingerprint density at radius 2 is 1.95 bits per heavy atom. The monoisotopic (exact) mass is 257 g/mol. The Balaban J connectivity index is 2.47. The normalized spacial score (nSPS) is 11.7. The molecule has 2 aromatic rings. The molecular formula is C15H12FNO2. The summed E-state index contributed by atoms with van der Waals surface area (Å²) in [6.45, 7) is 1.53. The summed E-state index contributed by atoms with van der Waals surface area (Å²) in [4.78, 5) is 0. The Kier molecular flexibility index (Phi) is 3.79. The number of aliphatic hydroxyl groups is 1. The summed E-state index contributed by atoms with van der Waals surface area (Å²) < 4.78 is 19.3. The van der Waals surface area contributed by atoms with Crippen LogP contribution in [0, 0.1) is 17.1 Å². The lowest BCUT2D eigenvalue weighted by Gasteiger charge is -2.14. The summed E-state index contributed by atoms with van der Waals surface area (Å²) in [6, 6.07) is 12.9. The summed E-state index contributed by atoms with van der Waals surface area (Å²) in [5.74, 6) is -0.372. The van der Waals surface area contributed by atoms with E-state index in [1.807, 2.05) is 6.07 Å². The molecule has 0 saturated carbocycles. The number of para-hydroxylation sites is 2. The first-order chi connectivity index (χ1) is 9.13. The molecule has 0 aliphatic rings. The fourth-order valence-corrected chi connectivity index (χ4v) is 1.72. The van der Waals surface area contributed by atoms with E-state index in [0.29, 0.717) is 11.1 Å². The Hall–Kier alpha value is -2.38. The summed E-state index contributed by atoms with van der Waals surface area (Å²) in [6.07, 6.45) is -0.861. The molecule has 0 unspecified atom stereocenters. The van der Waals surface area contributed by atoms with Gasteiger partial charge in [0.15, 0.2) is 11.6 Å². The van der Waals surface area contributed by atoms with E-state index in [1.54, 1.807) is 30.3 Å². The van der Waals surface area contributed by atoms with Crippen LogP contribution in [0.1, 0.15) is 24.2 Å². The van der Waals surface area contributed by atoms with Gasteiger partial charge < -0.3 is 9.84 Å². The van der Waals surface area contributed by atoms with E-state index in [9.17, 15) is 9.50 Å². The molecule has 0 heterocycles. The van der Waals surface area contributed by atoms with Crippen LogP contribution in [-0.4, -0.2) is 5.11 Å². The molecule has 0 bridgehead atoms. The van der Waals surface area contributed by atoms with E-state index in [4.69, 9.17) is 10.00 Å². The molecule has 2 rings (SSSR count). The molecule has 1 N–H and O–H groups in total. The van der Waals surface area contributed by atoms with Crippen LogP contribution in [0.5, 0.6) is 11.5 Å². The van der Waals surface area contributed by atoms with Crippen molar-refractivity contribution >= 4 is 0 Å². The van der Waals surface area contributed by atoms with E-state index < -0.39 is 11.9 Å². The fraction of sp³-hybridized carbons (Fsp3) is 0.133. The predicted octanol–water partition coefficient (Wildman–Crippen LogP) is 3.54.